The van der Waals surface area contributed by atoms with E-state index in [2.05, 4.69) is 19.9 Å². The van der Waals surface area contributed by atoms with Gasteiger partial charge < -0.3 is 0 Å². The molecule has 0 N–H and O–H groups in total. The maximum atomic E-state index is 6.08. The lowest BCUT2D eigenvalue weighted by Crippen LogP contribution is -2.08. The van der Waals surface area contributed by atoms with E-state index >= 15 is 0 Å². The summed E-state index contributed by atoms with van der Waals surface area (Å²) in [7, 11) is 0. The van der Waals surface area contributed by atoms with Gasteiger partial charge in [-0.15, -0.1) is 11.6 Å². The van der Waals surface area contributed by atoms with Gasteiger partial charge in [0, 0.05) is 16.8 Å². The molecule has 72 valence electrons. The molecular formula is C11H14Cl2. The van der Waals surface area contributed by atoms with Crippen molar-refractivity contribution in [3.63, 3.8) is 0 Å². The van der Waals surface area contributed by atoms with Gasteiger partial charge in [0.2, 0.25) is 0 Å². The quantitative estimate of drug-likeness (QED) is 0.661. The Bertz CT molecular complexity index is 269. The molecule has 1 aromatic carbocycles. The van der Waals surface area contributed by atoms with Crippen LogP contribution in [0.15, 0.2) is 24.3 Å². The molecule has 1 rings (SSSR count). The van der Waals surface area contributed by atoms with E-state index in [4.69, 9.17) is 23.2 Å². The fourth-order valence-electron chi connectivity index (χ4n) is 1.40. The first-order valence-corrected chi connectivity index (χ1v) is 5.38. The minimum absolute atomic E-state index is 0.357. The van der Waals surface area contributed by atoms with Crippen LogP contribution in [-0.4, -0.2) is 5.88 Å². The molecule has 0 bridgehead atoms. The molecule has 0 nitrogen and oxygen atoms in total. The molecule has 0 spiro atoms. The second-order valence-electron chi connectivity index (χ2n) is 3.53. The van der Waals surface area contributed by atoms with Gasteiger partial charge in [0.1, 0.15) is 0 Å². The summed E-state index contributed by atoms with van der Waals surface area (Å²) in [6, 6.07) is 7.91. The lowest BCUT2D eigenvalue weighted by atomic mass is 9.90. The summed E-state index contributed by atoms with van der Waals surface area (Å²) in [4.78, 5) is 0. The summed E-state index contributed by atoms with van der Waals surface area (Å²) >= 11 is 12.0. The van der Waals surface area contributed by atoms with Gasteiger partial charge >= 0.3 is 0 Å². The molecule has 0 amide bonds. The van der Waals surface area contributed by atoms with Gasteiger partial charge in [-0.25, -0.2) is 0 Å². The van der Waals surface area contributed by atoms with Crippen LogP contribution in [0.5, 0.6) is 0 Å². The maximum absolute atomic E-state index is 6.08. The van der Waals surface area contributed by atoms with E-state index in [1.807, 2.05) is 18.2 Å². The number of halogens is 2. The van der Waals surface area contributed by atoms with Crippen molar-refractivity contribution in [1.82, 2.24) is 0 Å². The van der Waals surface area contributed by atoms with Crippen LogP contribution in [-0.2, 0) is 0 Å². The highest BCUT2D eigenvalue weighted by Gasteiger charge is 2.16. The Balaban J connectivity index is 2.97. The van der Waals surface area contributed by atoms with Gasteiger partial charge in [0.25, 0.3) is 0 Å². The van der Waals surface area contributed by atoms with Crippen LogP contribution in [0, 0.1) is 5.92 Å². The zero-order valence-electron chi connectivity index (χ0n) is 7.93. The summed E-state index contributed by atoms with van der Waals surface area (Å²) in [6.45, 7) is 4.33. The first kappa shape index (κ1) is 10.9. The molecule has 1 aromatic rings. The summed E-state index contributed by atoms with van der Waals surface area (Å²) in [6.07, 6.45) is 0. The lowest BCUT2D eigenvalue weighted by molar-refractivity contribution is 0.540. The Morgan fingerprint density at radius 2 is 1.85 bits per heavy atom. The molecule has 0 aromatic heterocycles. The molecule has 1 atom stereocenters. The van der Waals surface area contributed by atoms with Crippen molar-refractivity contribution < 1.29 is 0 Å². The molecule has 1 unspecified atom stereocenters. The minimum atomic E-state index is 0.357. The van der Waals surface area contributed by atoms with E-state index in [1.165, 1.54) is 0 Å². The van der Waals surface area contributed by atoms with Crippen LogP contribution in [0.2, 0.25) is 5.02 Å². The molecular weight excluding hydrogens is 203 g/mol. The third-order valence-electron chi connectivity index (χ3n) is 2.28. The van der Waals surface area contributed by atoms with Gasteiger partial charge in [-0.3, -0.25) is 0 Å². The molecule has 0 saturated carbocycles. The van der Waals surface area contributed by atoms with E-state index < -0.39 is 0 Å². The van der Waals surface area contributed by atoms with E-state index in [-0.39, 0.29) is 0 Å². The Morgan fingerprint density at radius 3 is 2.31 bits per heavy atom. The Hall–Kier alpha value is -0.200. The van der Waals surface area contributed by atoms with Gasteiger partial charge in [-0.05, 0) is 17.5 Å². The Morgan fingerprint density at radius 1 is 1.23 bits per heavy atom. The predicted molar refractivity (Wildman–Crippen MR) is 59.8 cm³/mol. The van der Waals surface area contributed by atoms with Crippen molar-refractivity contribution in [2.24, 2.45) is 5.92 Å². The van der Waals surface area contributed by atoms with E-state index in [9.17, 15) is 0 Å². The largest absolute Gasteiger partial charge is 0.126 e. The van der Waals surface area contributed by atoms with E-state index in [1.54, 1.807) is 0 Å². The van der Waals surface area contributed by atoms with Crippen molar-refractivity contribution in [3.8, 4) is 0 Å². The predicted octanol–water partition coefficient (Wildman–Crippen LogP) is 4.32. The van der Waals surface area contributed by atoms with Crippen molar-refractivity contribution in [2.45, 2.75) is 19.8 Å². The lowest BCUT2D eigenvalue weighted by Gasteiger charge is -2.19. The highest BCUT2D eigenvalue weighted by atomic mass is 35.5. The van der Waals surface area contributed by atoms with Gasteiger partial charge in [-0.1, -0.05) is 43.6 Å². The van der Waals surface area contributed by atoms with Crippen LogP contribution < -0.4 is 0 Å². The minimum Gasteiger partial charge on any atom is -0.126 e. The van der Waals surface area contributed by atoms with Crippen molar-refractivity contribution in [1.29, 1.82) is 0 Å². The third kappa shape index (κ3) is 2.62. The molecule has 0 saturated heterocycles. The SMILES string of the molecule is CC(C)C(CCl)c1ccccc1Cl. The number of rotatable bonds is 3. The highest BCUT2D eigenvalue weighted by Crippen LogP contribution is 2.30. The van der Waals surface area contributed by atoms with Gasteiger partial charge in [0.15, 0.2) is 0 Å². The van der Waals surface area contributed by atoms with Gasteiger partial charge in [0.05, 0.1) is 0 Å². The molecule has 0 aliphatic rings. The van der Waals surface area contributed by atoms with Crippen LogP contribution in [0.1, 0.15) is 25.3 Å². The summed E-state index contributed by atoms with van der Waals surface area (Å²) < 4.78 is 0. The molecule has 13 heavy (non-hydrogen) atoms. The van der Waals surface area contributed by atoms with E-state index in [0.717, 1.165) is 10.6 Å². The first-order chi connectivity index (χ1) is 6.16. The summed E-state index contributed by atoms with van der Waals surface area (Å²) in [5, 5.41) is 0.821. The number of hydrogen-bond acceptors (Lipinski definition) is 0. The average Bonchev–Trinajstić information content (AvgIpc) is 2.09. The van der Waals surface area contributed by atoms with Crippen molar-refractivity contribution in [2.75, 3.05) is 5.88 Å². The maximum Gasteiger partial charge on any atom is 0.0441 e. The number of alkyl halides is 1. The molecule has 0 aliphatic carbocycles. The van der Waals surface area contributed by atoms with Crippen molar-refractivity contribution in [3.05, 3.63) is 34.9 Å². The molecule has 0 aliphatic heterocycles. The molecule has 0 radical (unpaired) electrons. The van der Waals surface area contributed by atoms with Crippen molar-refractivity contribution >= 4 is 23.2 Å². The Labute approximate surface area is 89.9 Å². The monoisotopic (exact) mass is 216 g/mol. The number of hydrogen-bond donors (Lipinski definition) is 0. The average molecular weight is 217 g/mol. The zero-order chi connectivity index (χ0) is 9.84. The first-order valence-electron chi connectivity index (χ1n) is 4.47. The summed E-state index contributed by atoms with van der Waals surface area (Å²) in [5.41, 5.74) is 1.16. The van der Waals surface area contributed by atoms with Crippen LogP contribution in [0.3, 0.4) is 0 Å². The highest BCUT2D eigenvalue weighted by molar-refractivity contribution is 6.31. The summed E-state index contributed by atoms with van der Waals surface area (Å²) in [5.74, 6) is 1.51. The fourth-order valence-corrected chi connectivity index (χ4v) is 2.19. The Kier molecular flexibility index (Phi) is 4.08. The smallest absolute Gasteiger partial charge is 0.0441 e. The fraction of sp³-hybridized carbons (Fsp3) is 0.455. The topological polar surface area (TPSA) is 0 Å². The second kappa shape index (κ2) is 4.88. The van der Waals surface area contributed by atoms with Crippen LogP contribution >= 0.6 is 23.2 Å². The van der Waals surface area contributed by atoms with Gasteiger partial charge in [-0.2, -0.15) is 0 Å². The molecule has 2 heteroatoms. The second-order valence-corrected chi connectivity index (χ2v) is 4.24. The standard InChI is InChI=1S/C11H14Cl2/c1-8(2)10(7-12)9-5-3-4-6-11(9)13/h3-6,8,10H,7H2,1-2H3. The zero-order valence-corrected chi connectivity index (χ0v) is 9.44. The number of benzene rings is 1. The third-order valence-corrected chi connectivity index (χ3v) is 2.95. The van der Waals surface area contributed by atoms with Crippen LogP contribution in [0.4, 0.5) is 0 Å². The molecule has 0 heterocycles. The van der Waals surface area contributed by atoms with E-state index in [0.29, 0.717) is 17.7 Å². The van der Waals surface area contributed by atoms with Crippen LogP contribution in [0.25, 0.3) is 0 Å². The molecule has 0 fully saturated rings. The normalized spacial score (nSPS) is 13.3.